The second kappa shape index (κ2) is 8.39. The lowest BCUT2D eigenvalue weighted by Gasteiger charge is -2.34. The third kappa shape index (κ3) is 5.52. The van der Waals surface area contributed by atoms with E-state index < -0.39 is 10.0 Å². The number of carbonyl (C=O) groups is 1. The van der Waals surface area contributed by atoms with Crippen LogP contribution < -0.4 is 5.14 Å². The first-order valence-corrected chi connectivity index (χ1v) is 10.6. The molecule has 2 aromatic carbocycles. The van der Waals surface area contributed by atoms with E-state index >= 15 is 0 Å². The van der Waals surface area contributed by atoms with E-state index in [9.17, 15) is 13.2 Å². The number of sulfonamides is 1. The molecule has 1 fully saturated rings. The maximum Gasteiger partial charge on any atom is 0.238 e. The molecule has 144 valence electrons. The summed E-state index contributed by atoms with van der Waals surface area (Å²) in [4.78, 5) is 16.7. The van der Waals surface area contributed by atoms with Gasteiger partial charge in [-0.25, -0.2) is 13.6 Å². The normalized spacial score (nSPS) is 15.7. The van der Waals surface area contributed by atoms with Crippen LogP contribution in [0.4, 0.5) is 0 Å². The first-order valence-electron chi connectivity index (χ1n) is 8.67. The fraction of sp³-hybridized carbons (Fsp3) is 0.316. The van der Waals surface area contributed by atoms with Crippen molar-refractivity contribution in [2.45, 2.75) is 17.9 Å². The first kappa shape index (κ1) is 19.8. The third-order valence-corrected chi connectivity index (χ3v) is 5.83. The number of piperazine rings is 1. The average Bonchev–Trinajstić information content (AvgIpc) is 2.64. The molecule has 1 amide bonds. The Balaban J connectivity index is 1.50. The topological polar surface area (TPSA) is 83.7 Å². The van der Waals surface area contributed by atoms with E-state index in [0.717, 1.165) is 30.2 Å². The molecule has 0 aromatic heterocycles. The summed E-state index contributed by atoms with van der Waals surface area (Å²) < 4.78 is 22.6. The summed E-state index contributed by atoms with van der Waals surface area (Å²) in [6.07, 6.45) is 0.252. The Kier molecular flexibility index (Phi) is 6.16. The molecule has 2 N–H and O–H groups in total. The quantitative estimate of drug-likeness (QED) is 0.820. The van der Waals surface area contributed by atoms with E-state index in [-0.39, 0.29) is 17.2 Å². The lowest BCUT2D eigenvalue weighted by Crippen LogP contribution is -2.48. The minimum atomic E-state index is -3.71. The lowest BCUT2D eigenvalue weighted by atomic mass is 10.1. The number of hydrogen-bond acceptors (Lipinski definition) is 4. The monoisotopic (exact) mass is 407 g/mol. The summed E-state index contributed by atoms with van der Waals surface area (Å²) in [5.74, 6) is 0.0458. The fourth-order valence-corrected chi connectivity index (χ4v) is 3.73. The van der Waals surface area contributed by atoms with Crippen molar-refractivity contribution in [1.29, 1.82) is 0 Å². The Morgan fingerprint density at radius 2 is 1.48 bits per heavy atom. The van der Waals surface area contributed by atoms with Crippen molar-refractivity contribution in [3.05, 3.63) is 64.7 Å². The van der Waals surface area contributed by atoms with Crippen molar-refractivity contribution < 1.29 is 13.2 Å². The van der Waals surface area contributed by atoms with Gasteiger partial charge in [0.1, 0.15) is 0 Å². The van der Waals surface area contributed by atoms with Crippen molar-refractivity contribution >= 4 is 27.5 Å². The summed E-state index contributed by atoms with van der Waals surface area (Å²) >= 11 is 5.91. The van der Waals surface area contributed by atoms with Crippen LogP contribution in [0.1, 0.15) is 11.1 Å². The second-order valence-corrected chi connectivity index (χ2v) is 8.65. The predicted molar refractivity (Wildman–Crippen MR) is 105 cm³/mol. The van der Waals surface area contributed by atoms with Crippen LogP contribution >= 0.6 is 11.6 Å². The van der Waals surface area contributed by atoms with Crippen LogP contribution in [0.5, 0.6) is 0 Å². The third-order valence-electron chi connectivity index (χ3n) is 4.65. The number of nitrogens with two attached hydrogens (primary N) is 1. The van der Waals surface area contributed by atoms with Crippen LogP contribution in [0, 0.1) is 0 Å². The lowest BCUT2D eigenvalue weighted by molar-refractivity contribution is -0.132. The van der Waals surface area contributed by atoms with Crippen molar-refractivity contribution in [2.75, 3.05) is 26.2 Å². The molecule has 1 aliphatic heterocycles. The second-order valence-electron chi connectivity index (χ2n) is 6.65. The van der Waals surface area contributed by atoms with Gasteiger partial charge in [0.15, 0.2) is 0 Å². The Hall–Kier alpha value is -1.93. The van der Waals surface area contributed by atoms with E-state index in [0.29, 0.717) is 13.1 Å². The van der Waals surface area contributed by atoms with E-state index in [1.54, 1.807) is 12.1 Å². The van der Waals surface area contributed by atoms with Crippen LogP contribution in [-0.4, -0.2) is 50.3 Å². The van der Waals surface area contributed by atoms with Crippen LogP contribution in [0.3, 0.4) is 0 Å². The Bertz CT molecular complexity index is 891. The van der Waals surface area contributed by atoms with Gasteiger partial charge >= 0.3 is 0 Å². The van der Waals surface area contributed by atoms with Gasteiger partial charge in [-0.1, -0.05) is 35.9 Å². The number of nitrogens with zero attached hydrogens (tertiary/aromatic N) is 2. The number of primary sulfonamides is 1. The molecule has 1 saturated heterocycles. The van der Waals surface area contributed by atoms with E-state index in [2.05, 4.69) is 4.90 Å². The molecule has 0 saturated carbocycles. The van der Waals surface area contributed by atoms with Gasteiger partial charge in [-0.3, -0.25) is 9.69 Å². The highest BCUT2D eigenvalue weighted by atomic mass is 35.5. The average molecular weight is 408 g/mol. The summed E-state index contributed by atoms with van der Waals surface area (Å²) in [5.41, 5.74) is 1.98. The maximum absolute atomic E-state index is 12.5. The van der Waals surface area contributed by atoms with Gasteiger partial charge in [0, 0.05) is 37.7 Å². The van der Waals surface area contributed by atoms with Gasteiger partial charge in [-0.2, -0.15) is 0 Å². The molecule has 1 aliphatic rings. The zero-order valence-electron chi connectivity index (χ0n) is 14.8. The predicted octanol–water partition coefficient (Wildman–Crippen LogP) is 1.87. The molecule has 3 rings (SSSR count). The zero-order valence-corrected chi connectivity index (χ0v) is 16.4. The number of amides is 1. The summed E-state index contributed by atoms with van der Waals surface area (Å²) in [7, 11) is -3.71. The number of rotatable bonds is 5. The molecule has 6 nitrogen and oxygen atoms in total. The van der Waals surface area contributed by atoms with E-state index in [4.69, 9.17) is 16.7 Å². The molecule has 0 bridgehead atoms. The van der Waals surface area contributed by atoms with Crippen molar-refractivity contribution in [1.82, 2.24) is 9.80 Å². The molecule has 0 unspecified atom stereocenters. The van der Waals surface area contributed by atoms with Crippen molar-refractivity contribution in [3.63, 3.8) is 0 Å². The molecule has 0 atom stereocenters. The van der Waals surface area contributed by atoms with Crippen LogP contribution in [0.2, 0.25) is 5.02 Å². The molecular formula is C19H22ClN3O3S. The molecule has 1 heterocycles. The summed E-state index contributed by atoms with van der Waals surface area (Å²) in [5, 5.41) is 5.81. The molecular weight excluding hydrogens is 386 g/mol. The minimum Gasteiger partial charge on any atom is -0.340 e. The van der Waals surface area contributed by atoms with Gasteiger partial charge < -0.3 is 4.90 Å². The molecule has 0 radical (unpaired) electrons. The van der Waals surface area contributed by atoms with Crippen LogP contribution in [-0.2, 0) is 27.8 Å². The zero-order chi connectivity index (χ0) is 19.4. The minimum absolute atomic E-state index is 0.0458. The highest BCUT2D eigenvalue weighted by Crippen LogP contribution is 2.14. The van der Waals surface area contributed by atoms with Gasteiger partial charge in [0.25, 0.3) is 0 Å². The first-order chi connectivity index (χ1) is 12.8. The molecule has 0 aliphatic carbocycles. The molecule has 27 heavy (non-hydrogen) atoms. The summed E-state index contributed by atoms with van der Waals surface area (Å²) in [6, 6.07) is 13.9. The van der Waals surface area contributed by atoms with Crippen molar-refractivity contribution in [3.8, 4) is 0 Å². The number of halogens is 1. The number of benzene rings is 2. The van der Waals surface area contributed by atoms with Gasteiger partial charge in [-0.15, -0.1) is 0 Å². The number of carbonyl (C=O) groups excluding carboxylic acids is 1. The van der Waals surface area contributed by atoms with Gasteiger partial charge in [-0.05, 0) is 35.4 Å². The molecule has 8 heteroatoms. The largest absolute Gasteiger partial charge is 0.340 e. The highest BCUT2D eigenvalue weighted by molar-refractivity contribution is 7.89. The Morgan fingerprint density at radius 1 is 0.926 bits per heavy atom. The van der Waals surface area contributed by atoms with Crippen molar-refractivity contribution in [2.24, 2.45) is 5.14 Å². The maximum atomic E-state index is 12.5. The Labute approximate surface area is 164 Å². The standard InChI is InChI=1S/C19H22ClN3O3S/c20-17-5-1-16(2-6-17)14-22-9-11-23(12-10-22)19(24)13-15-3-7-18(8-4-15)27(21,25)26/h1-8H,9-14H2,(H2,21,25,26). The SMILES string of the molecule is NS(=O)(=O)c1ccc(CC(=O)N2CCN(Cc3ccc(Cl)cc3)CC2)cc1. The Morgan fingerprint density at radius 3 is 2.04 bits per heavy atom. The van der Waals surface area contributed by atoms with Gasteiger partial charge in [0.05, 0.1) is 11.3 Å². The number of hydrogen-bond donors (Lipinski definition) is 1. The highest BCUT2D eigenvalue weighted by Gasteiger charge is 2.21. The molecule has 0 spiro atoms. The van der Waals surface area contributed by atoms with Crippen LogP contribution in [0.15, 0.2) is 53.4 Å². The van der Waals surface area contributed by atoms with E-state index in [1.165, 1.54) is 17.7 Å². The molecule has 2 aromatic rings. The fourth-order valence-electron chi connectivity index (χ4n) is 3.09. The van der Waals surface area contributed by atoms with Gasteiger partial charge in [0.2, 0.25) is 15.9 Å². The van der Waals surface area contributed by atoms with Crippen LogP contribution in [0.25, 0.3) is 0 Å². The summed E-state index contributed by atoms with van der Waals surface area (Å²) in [6.45, 7) is 3.84. The van der Waals surface area contributed by atoms with E-state index in [1.807, 2.05) is 29.2 Å². The smallest absolute Gasteiger partial charge is 0.238 e.